The number of piperidine rings is 1. The second kappa shape index (κ2) is 6.71. The molecule has 0 spiro atoms. The van der Waals surface area contributed by atoms with Crippen molar-refractivity contribution in [3.8, 4) is 0 Å². The van der Waals surface area contributed by atoms with Crippen molar-refractivity contribution in [2.75, 3.05) is 13.1 Å². The molecule has 1 aliphatic heterocycles. The Morgan fingerprint density at radius 2 is 2.05 bits per heavy atom. The van der Waals surface area contributed by atoms with Crippen molar-refractivity contribution in [2.45, 2.75) is 70.6 Å². The van der Waals surface area contributed by atoms with Gasteiger partial charge in [-0.3, -0.25) is 9.69 Å². The molecule has 4 heteroatoms. The Morgan fingerprint density at radius 3 is 2.68 bits per heavy atom. The highest BCUT2D eigenvalue weighted by molar-refractivity contribution is 5.71. The van der Waals surface area contributed by atoms with Crippen LogP contribution in [-0.2, 0) is 9.53 Å². The van der Waals surface area contributed by atoms with Gasteiger partial charge in [0.1, 0.15) is 0 Å². The molecule has 2 aliphatic rings. The predicted molar refractivity (Wildman–Crippen MR) is 73.8 cm³/mol. The number of ether oxygens (including phenoxy) is 1. The molecule has 0 aromatic carbocycles. The Morgan fingerprint density at radius 1 is 1.26 bits per heavy atom. The average Bonchev–Trinajstić information content (AvgIpc) is 2.75. The number of carbonyl (C=O) groups is 1. The Hall–Kier alpha value is -0.610. The smallest absolute Gasteiger partial charge is 0.320 e. The van der Waals surface area contributed by atoms with Crippen LogP contribution in [0.1, 0.15) is 52.4 Å². The summed E-state index contributed by atoms with van der Waals surface area (Å²) < 4.78 is 5.25. The highest BCUT2D eigenvalue weighted by Gasteiger charge is 2.37. The number of esters is 1. The fourth-order valence-corrected chi connectivity index (χ4v) is 3.58. The molecule has 0 radical (unpaired) electrons. The topological polar surface area (TPSA) is 49.8 Å². The molecule has 1 aliphatic carbocycles. The molecule has 1 saturated heterocycles. The van der Waals surface area contributed by atoms with E-state index < -0.39 is 0 Å². The fraction of sp³-hybridized carbons (Fsp3) is 0.933. The van der Waals surface area contributed by atoms with Gasteiger partial charge in [0.05, 0.1) is 18.8 Å². The number of likely N-dealkylation sites (tertiary alicyclic amines) is 1. The summed E-state index contributed by atoms with van der Waals surface area (Å²) in [5, 5.41) is 10.1. The van der Waals surface area contributed by atoms with E-state index >= 15 is 0 Å². The normalized spacial score (nSPS) is 32.7. The summed E-state index contributed by atoms with van der Waals surface area (Å²) in [5.41, 5.74) is 0. The van der Waals surface area contributed by atoms with Crippen LogP contribution in [0.2, 0.25) is 0 Å². The first kappa shape index (κ1) is 14.8. The lowest BCUT2D eigenvalue weighted by Crippen LogP contribution is -2.48. The standard InChI is InChI=1S/C15H27NO3/c1-11(2)19-15(18)10-16-9-4-3-7-13(16)12-6-5-8-14(12)17/h11-14,17H,3-10H2,1-2H3. The molecule has 0 amide bonds. The Balaban J connectivity index is 1.94. The predicted octanol–water partition coefficient (Wildman–Crippen LogP) is 1.95. The molecule has 0 bridgehead atoms. The maximum Gasteiger partial charge on any atom is 0.320 e. The van der Waals surface area contributed by atoms with Crippen molar-refractivity contribution in [1.29, 1.82) is 0 Å². The van der Waals surface area contributed by atoms with Gasteiger partial charge in [0.15, 0.2) is 0 Å². The van der Waals surface area contributed by atoms with Crippen LogP contribution in [0.25, 0.3) is 0 Å². The zero-order valence-corrected chi connectivity index (χ0v) is 12.2. The second-order valence-electron chi connectivity index (χ2n) is 6.23. The van der Waals surface area contributed by atoms with Gasteiger partial charge in [0, 0.05) is 12.0 Å². The van der Waals surface area contributed by atoms with Gasteiger partial charge in [-0.1, -0.05) is 12.8 Å². The Labute approximate surface area is 116 Å². The molecule has 1 heterocycles. The van der Waals surface area contributed by atoms with E-state index in [0.29, 0.717) is 18.5 Å². The van der Waals surface area contributed by atoms with Crippen LogP contribution in [0, 0.1) is 5.92 Å². The summed E-state index contributed by atoms with van der Waals surface area (Å²) in [5.74, 6) is 0.224. The fourth-order valence-electron chi connectivity index (χ4n) is 3.58. The number of aliphatic hydroxyl groups excluding tert-OH is 1. The number of nitrogens with zero attached hydrogens (tertiary/aromatic N) is 1. The van der Waals surface area contributed by atoms with Gasteiger partial charge in [-0.2, -0.15) is 0 Å². The summed E-state index contributed by atoms with van der Waals surface area (Å²) >= 11 is 0. The molecule has 19 heavy (non-hydrogen) atoms. The van der Waals surface area contributed by atoms with Crippen molar-refractivity contribution < 1.29 is 14.6 Å². The van der Waals surface area contributed by atoms with E-state index in [1.54, 1.807) is 0 Å². The zero-order chi connectivity index (χ0) is 13.8. The molecule has 110 valence electrons. The maximum atomic E-state index is 11.8. The molecule has 1 N–H and O–H groups in total. The third-order valence-electron chi connectivity index (χ3n) is 4.39. The number of hydrogen-bond donors (Lipinski definition) is 1. The van der Waals surface area contributed by atoms with Crippen LogP contribution in [-0.4, -0.2) is 47.3 Å². The van der Waals surface area contributed by atoms with Gasteiger partial charge in [0.25, 0.3) is 0 Å². The van der Waals surface area contributed by atoms with Gasteiger partial charge in [0.2, 0.25) is 0 Å². The summed E-state index contributed by atoms with van der Waals surface area (Å²) in [7, 11) is 0. The minimum atomic E-state index is -0.174. The van der Waals surface area contributed by atoms with Crippen LogP contribution in [0.15, 0.2) is 0 Å². The number of rotatable bonds is 4. The van der Waals surface area contributed by atoms with Crippen molar-refractivity contribution >= 4 is 5.97 Å². The maximum absolute atomic E-state index is 11.8. The number of aliphatic hydroxyl groups is 1. The van der Waals surface area contributed by atoms with Gasteiger partial charge >= 0.3 is 5.97 Å². The molecule has 2 rings (SSSR count). The average molecular weight is 269 g/mol. The monoisotopic (exact) mass is 269 g/mol. The Bertz CT molecular complexity index is 306. The molecule has 2 fully saturated rings. The summed E-state index contributed by atoms with van der Waals surface area (Å²) in [6.07, 6.45) is 6.38. The number of carbonyl (C=O) groups excluding carboxylic acids is 1. The largest absolute Gasteiger partial charge is 0.462 e. The molecular formula is C15H27NO3. The van der Waals surface area contributed by atoms with Crippen molar-refractivity contribution in [3.63, 3.8) is 0 Å². The first-order valence-corrected chi connectivity index (χ1v) is 7.69. The van der Waals surface area contributed by atoms with Crippen LogP contribution >= 0.6 is 0 Å². The molecular weight excluding hydrogens is 242 g/mol. The van der Waals surface area contributed by atoms with E-state index in [2.05, 4.69) is 4.90 Å². The van der Waals surface area contributed by atoms with Crippen LogP contribution < -0.4 is 0 Å². The third kappa shape index (κ3) is 3.93. The molecule has 1 saturated carbocycles. The molecule has 0 aromatic rings. The van der Waals surface area contributed by atoms with Gasteiger partial charge in [-0.25, -0.2) is 0 Å². The van der Waals surface area contributed by atoms with Gasteiger partial charge < -0.3 is 9.84 Å². The van der Waals surface area contributed by atoms with Crippen LogP contribution in [0.5, 0.6) is 0 Å². The molecule has 3 unspecified atom stereocenters. The highest BCUT2D eigenvalue weighted by atomic mass is 16.5. The van der Waals surface area contributed by atoms with E-state index in [4.69, 9.17) is 4.74 Å². The molecule has 3 atom stereocenters. The Kier molecular flexibility index (Phi) is 5.22. The first-order chi connectivity index (χ1) is 9.08. The second-order valence-corrected chi connectivity index (χ2v) is 6.23. The van der Waals surface area contributed by atoms with Crippen molar-refractivity contribution in [1.82, 2.24) is 4.90 Å². The van der Waals surface area contributed by atoms with Crippen molar-refractivity contribution in [2.24, 2.45) is 5.92 Å². The zero-order valence-electron chi connectivity index (χ0n) is 12.2. The van der Waals surface area contributed by atoms with E-state index in [-0.39, 0.29) is 18.2 Å². The summed E-state index contributed by atoms with van der Waals surface area (Å²) in [4.78, 5) is 14.1. The van der Waals surface area contributed by atoms with E-state index in [1.807, 2.05) is 13.8 Å². The lowest BCUT2D eigenvalue weighted by atomic mass is 9.88. The van der Waals surface area contributed by atoms with E-state index in [1.165, 1.54) is 6.42 Å². The summed E-state index contributed by atoms with van der Waals surface area (Å²) in [6, 6.07) is 0.367. The SMILES string of the molecule is CC(C)OC(=O)CN1CCCCC1C1CCCC1O. The lowest BCUT2D eigenvalue weighted by molar-refractivity contribution is -0.150. The van der Waals surface area contributed by atoms with E-state index in [9.17, 15) is 9.90 Å². The van der Waals surface area contributed by atoms with E-state index in [0.717, 1.165) is 38.6 Å². The molecule has 0 aromatic heterocycles. The van der Waals surface area contributed by atoms with Crippen molar-refractivity contribution in [3.05, 3.63) is 0 Å². The summed E-state index contributed by atoms with van der Waals surface area (Å²) in [6.45, 7) is 5.10. The third-order valence-corrected chi connectivity index (χ3v) is 4.39. The van der Waals surface area contributed by atoms with Gasteiger partial charge in [-0.15, -0.1) is 0 Å². The number of hydrogen-bond acceptors (Lipinski definition) is 4. The van der Waals surface area contributed by atoms with Gasteiger partial charge in [-0.05, 0) is 46.1 Å². The minimum Gasteiger partial charge on any atom is -0.462 e. The highest BCUT2D eigenvalue weighted by Crippen LogP contribution is 2.35. The van der Waals surface area contributed by atoms with Crippen LogP contribution in [0.3, 0.4) is 0 Å². The lowest BCUT2D eigenvalue weighted by Gasteiger charge is -2.39. The molecule has 4 nitrogen and oxygen atoms in total. The minimum absolute atomic E-state index is 0.0483. The quantitative estimate of drug-likeness (QED) is 0.793. The van der Waals surface area contributed by atoms with Crippen LogP contribution in [0.4, 0.5) is 0 Å². The first-order valence-electron chi connectivity index (χ1n) is 7.69.